The van der Waals surface area contributed by atoms with E-state index in [4.69, 9.17) is 5.73 Å². The minimum absolute atomic E-state index is 0. The highest BCUT2D eigenvalue weighted by Gasteiger charge is 1.95. The Morgan fingerprint density at radius 2 is 1.64 bits per heavy atom. The Morgan fingerprint density at radius 1 is 1.05 bits per heavy atom. The smallest absolute Gasteiger partial charge is 0.193 e. The number of aryl methyl sites for hydroxylation is 1. The number of rotatable bonds is 9. The first-order valence-corrected chi connectivity index (χ1v) is 7.86. The Balaban J connectivity index is 0.00000441. The van der Waals surface area contributed by atoms with E-state index in [-0.39, 0.29) is 24.0 Å². The molecule has 0 aliphatic carbocycles. The van der Waals surface area contributed by atoms with Gasteiger partial charge in [-0.15, -0.1) is 24.0 Å². The first-order chi connectivity index (χ1) is 10.1. The summed E-state index contributed by atoms with van der Waals surface area (Å²) < 4.78 is 0. The summed E-state index contributed by atoms with van der Waals surface area (Å²) in [6, 6.07) is 8.15. The summed E-state index contributed by atoms with van der Waals surface area (Å²) in [6.45, 7) is 4.06. The van der Waals surface area contributed by atoms with Gasteiger partial charge in [-0.05, 0) is 52.5 Å². The molecule has 1 rings (SSSR count). The van der Waals surface area contributed by atoms with Crippen molar-refractivity contribution < 1.29 is 0 Å². The van der Waals surface area contributed by atoms with E-state index in [1.54, 1.807) is 0 Å². The molecule has 0 radical (unpaired) electrons. The van der Waals surface area contributed by atoms with E-state index in [1.807, 2.05) is 12.1 Å². The molecule has 5 heteroatoms. The lowest BCUT2D eigenvalue weighted by molar-refractivity contribution is 0.390. The average Bonchev–Trinajstić information content (AvgIpc) is 2.44. The van der Waals surface area contributed by atoms with Crippen molar-refractivity contribution in [2.45, 2.75) is 39.0 Å². The number of nitrogens with two attached hydrogens (primary N) is 1. The Kier molecular flexibility index (Phi) is 12.2. The maximum Gasteiger partial charge on any atom is 0.193 e. The van der Waals surface area contributed by atoms with Crippen molar-refractivity contribution in [1.29, 1.82) is 0 Å². The van der Waals surface area contributed by atoms with Crippen LogP contribution in [0.25, 0.3) is 0 Å². The quantitative estimate of drug-likeness (QED) is 0.277. The molecule has 0 bridgehead atoms. The van der Waals surface area contributed by atoms with Crippen molar-refractivity contribution in [3.8, 4) is 0 Å². The molecule has 0 spiro atoms. The van der Waals surface area contributed by atoms with Crippen LogP contribution in [0.1, 0.15) is 37.7 Å². The normalized spacial score (nSPS) is 11.4. The maximum absolute atomic E-state index is 5.87. The van der Waals surface area contributed by atoms with E-state index in [0.29, 0.717) is 5.96 Å². The number of anilines is 1. The second kappa shape index (κ2) is 12.7. The number of nitrogens with one attached hydrogen (secondary N) is 1. The van der Waals surface area contributed by atoms with Crippen LogP contribution in [-0.2, 0) is 0 Å². The Labute approximate surface area is 152 Å². The standard InChI is InChI=1S/C17H30N4.HI/c1-15-9-11-16(12-10-15)20-17(18)19-13-7-5-4-6-8-14-21(2)3;/h9-12H,4-8,13-14H2,1-3H3,(H3,18,19,20);1H. The largest absolute Gasteiger partial charge is 0.370 e. The molecule has 3 N–H and O–H groups in total. The van der Waals surface area contributed by atoms with Crippen LogP contribution >= 0.6 is 24.0 Å². The van der Waals surface area contributed by atoms with Crippen molar-refractivity contribution in [2.75, 3.05) is 32.5 Å². The van der Waals surface area contributed by atoms with E-state index in [0.717, 1.165) is 18.7 Å². The van der Waals surface area contributed by atoms with Crippen LogP contribution in [-0.4, -0.2) is 38.0 Å². The summed E-state index contributed by atoms with van der Waals surface area (Å²) in [5, 5.41) is 3.12. The zero-order chi connectivity index (χ0) is 15.5. The van der Waals surface area contributed by atoms with Crippen LogP contribution in [0.15, 0.2) is 29.3 Å². The predicted molar refractivity (Wildman–Crippen MR) is 108 cm³/mol. The third-order valence-corrected chi connectivity index (χ3v) is 3.37. The van der Waals surface area contributed by atoms with E-state index in [9.17, 15) is 0 Å². The molecular weight excluding hydrogens is 387 g/mol. The fourth-order valence-electron chi connectivity index (χ4n) is 2.09. The van der Waals surface area contributed by atoms with Crippen LogP contribution in [0.4, 0.5) is 5.69 Å². The molecule has 0 heterocycles. The van der Waals surface area contributed by atoms with Gasteiger partial charge in [0.2, 0.25) is 0 Å². The van der Waals surface area contributed by atoms with E-state index in [2.05, 4.69) is 48.4 Å². The molecular formula is C17H31IN4. The lowest BCUT2D eigenvalue weighted by Crippen LogP contribution is -2.22. The van der Waals surface area contributed by atoms with E-state index in [1.165, 1.54) is 37.8 Å². The average molecular weight is 418 g/mol. The fourth-order valence-corrected chi connectivity index (χ4v) is 2.09. The van der Waals surface area contributed by atoms with Gasteiger partial charge in [-0.1, -0.05) is 37.0 Å². The number of aliphatic imine (C=N–C) groups is 1. The number of halogens is 1. The minimum atomic E-state index is 0. The lowest BCUT2D eigenvalue weighted by atomic mass is 10.1. The number of benzene rings is 1. The molecule has 22 heavy (non-hydrogen) atoms. The van der Waals surface area contributed by atoms with Gasteiger partial charge >= 0.3 is 0 Å². The minimum Gasteiger partial charge on any atom is -0.370 e. The van der Waals surface area contributed by atoms with Gasteiger partial charge in [0.25, 0.3) is 0 Å². The van der Waals surface area contributed by atoms with Gasteiger partial charge in [0.05, 0.1) is 0 Å². The van der Waals surface area contributed by atoms with E-state index < -0.39 is 0 Å². The first-order valence-electron chi connectivity index (χ1n) is 7.86. The third-order valence-electron chi connectivity index (χ3n) is 3.37. The van der Waals surface area contributed by atoms with Crippen LogP contribution in [0.3, 0.4) is 0 Å². The molecule has 0 aliphatic heterocycles. The van der Waals surface area contributed by atoms with Crippen molar-refractivity contribution in [3.05, 3.63) is 29.8 Å². The number of guanidine groups is 1. The van der Waals surface area contributed by atoms with Gasteiger partial charge in [-0.3, -0.25) is 4.99 Å². The molecule has 0 aromatic heterocycles. The van der Waals surface area contributed by atoms with Crippen molar-refractivity contribution in [1.82, 2.24) is 4.90 Å². The van der Waals surface area contributed by atoms with Crippen molar-refractivity contribution in [2.24, 2.45) is 10.7 Å². The van der Waals surface area contributed by atoms with Crippen LogP contribution in [0.2, 0.25) is 0 Å². The molecule has 0 fully saturated rings. The second-order valence-electron chi connectivity index (χ2n) is 5.83. The van der Waals surface area contributed by atoms with Crippen molar-refractivity contribution >= 4 is 35.6 Å². The van der Waals surface area contributed by atoms with Crippen molar-refractivity contribution in [3.63, 3.8) is 0 Å². The van der Waals surface area contributed by atoms with Gasteiger partial charge in [-0.2, -0.15) is 0 Å². The molecule has 0 amide bonds. The lowest BCUT2D eigenvalue weighted by Gasteiger charge is -2.08. The SMILES string of the molecule is Cc1ccc(NC(N)=NCCCCCCCN(C)C)cc1.I. The third kappa shape index (κ3) is 10.8. The molecule has 1 aromatic carbocycles. The maximum atomic E-state index is 5.87. The van der Waals surface area contributed by atoms with E-state index >= 15 is 0 Å². The van der Waals surface area contributed by atoms with Gasteiger partial charge in [0.15, 0.2) is 5.96 Å². The zero-order valence-corrected chi connectivity index (χ0v) is 16.5. The number of nitrogens with zero attached hydrogens (tertiary/aromatic N) is 2. The fraction of sp³-hybridized carbons (Fsp3) is 0.588. The van der Waals surface area contributed by atoms with Gasteiger partial charge < -0.3 is 16.0 Å². The molecule has 126 valence electrons. The summed E-state index contributed by atoms with van der Waals surface area (Å²) in [4.78, 5) is 6.60. The summed E-state index contributed by atoms with van der Waals surface area (Å²) in [6.07, 6.45) is 6.22. The molecule has 1 aromatic rings. The molecule has 0 aliphatic rings. The molecule has 0 unspecified atom stereocenters. The summed E-state index contributed by atoms with van der Waals surface area (Å²) in [5.74, 6) is 0.506. The Bertz CT molecular complexity index is 415. The highest BCUT2D eigenvalue weighted by atomic mass is 127. The molecule has 0 saturated heterocycles. The Morgan fingerprint density at radius 3 is 2.27 bits per heavy atom. The van der Waals surface area contributed by atoms with Gasteiger partial charge in [0, 0.05) is 12.2 Å². The van der Waals surface area contributed by atoms with Crippen LogP contribution in [0.5, 0.6) is 0 Å². The predicted octanol–water partition coefficient (Wildman–Crippen LogP) is 3.85. The summed E-state index contributed by atoms with van der Waals surface area (Å²) in [5.41, 5.74) is 8.11. The topological polar surface area (TPSA) is 53.6 Å². The summed E-state index contributed by atoms with van der Waals surface area (Å²) >= 11 is 0. The van der Waals surface area contributed by atoms with Gasteiger partial charge in [-0.25, -0.2) is 0 Å². The monoisotopic (exact) mass is 418 g/mol. The zero-order valence-electron chi connectivity index (χ0n) is 14.1. The Hall–Kier alpha value is -0.820. The number of hydrogen-bond donors (Lipinski definition) is 2. The first kappa shape index (κ1) is 21.2. The highest BCUT2D eigenvalue weighted by molar-refractivity contribution is 14.0. The van der Waals surface area contributed by atoms with Crippen LogP contribution in [0, 0.1) is 6.92 Å². The van der Waals surface area contributed by atoms with Gasteiger partial charge in [0.1, 0.15) is 0 Å². The molecule has 0 atom stereocenters. The molecule has 0 saturated carbocycles. The number of unbranched alkanes of at least 4 members (excludes halogenated alkanes) is 4. The summed E-state index contributed by atoms with van der Waals surface area (Å²) in [7, 11) is 4.25. The van der Waals surface area contributed by atoms with Crippen LogP contribution < -0.4 is 11.1 Å². The molecule has 4 nitrogen and oxygen atoms in total. The second-order valence-corrected chi connectivity index (χ2v) is 5.83. The highest BCUT2D eigenvalue weighted by Crippen LogP contribution is 2.08. The number of hydrogen-bond acceptors (Lipinski definition) is 2.